The number of benzene rings is 1. The number of rotatable bonds is 5. The molecule has 3 nitrogen and oxygen atoms in total. The van der Waals surface area contributed by atoms with Gasteiger partial charge in [-0.05, 0) is 43.0 Å². The molecule has 0 saturated carbocycles. The quantitative estimate of drug-likeness (QED) is 0.888. The predicted octanol–water partition coefficient (Wildman–Crippen LogP) is 2.22. The van der Waals surface area contributed by atoms with Gasteiger partial charge in [0.05, 0.1) is 12.7 Å². The molecule has 106 valence electrons. The molecule has 1 N–H and O–H groups in total. The zero-order chi connectivity index (χ0) is 13.7. The molecule has 0 aromatic heterocycles. The summed E-state index contributed by atoms with van der Waals surface area (Å²) in [5, 5.41) is 10.2. The lowest BCUT2D eigenvalue weighted by molar-refractivity contribution is 0.0562. The van der Waals surface area contributed by atoms with Crippen molar-refractivity contribution < 1.29 is 14.2 Å². The van der Waals surface area contributed by atoms with Crippen LogP contribution in [0.3, 0.4) is 0 Å². The van der Waals surface area contributed by atoms with Gasteiger partial charge in [0.1, 0.15) is 5.82 Å². The average molecular weight is 267 g/mol. The summed E-state index contributed by atoms with van der Waals surface area (Å²) in [6.07, 6.45) is 1.68. The Balaban J connectivity index is 1.89. The lowest BCUT2D eigenvalue weighted by atomic mass is 9.98. The van der Waals surface area contributed by atoms with Crippen molar-refractivity contribution in [1.29, 1.82) is 0 Å². The highest BCUT2D eigenvalue weighted by Crippen LogP contribution is 2.21. The Morgan fingerprint density at radius 1 is 1.53 bits per heavy atom. The van der Waals surface area contributed by atoms with Crippen molar-refractivity contribution in [3.05, 3.63) is 35.6 Å². The van der Waals surface area contributed by atoms with E-state index in [9.17, 15) is 9.50 Å². The normalized spacial score (nSPS) is 22.4. The van der Waals surface area contributed by atoms with Gasteiger partial charge in [-0.1, -0.05) is 12.1 Å². The summed E-state index contributed by atoms with van der Waals surface area (Å²) in [6, 6.07) is 6.20. The van der Waals surface area contributed by atoms with Crippen LogP contribution < -0.4 is 0 Å². The minimum atomic E-state index is -0.628. The fourth-order valence-corrected chi connectivity index (χ4v) is 2.75. The molecule has 1 aromatic carbocycles. The monoisotopic (exact) mass is 267 g/mol. The van der Waals surface area contributed by atoms with E-state index in [1.54, 1.807) is 19.2 Å². The molecule has 4 heteroatoms. The maximum absolute atomic E-state index is 13.1. The van der Waals surface area contributed by atoms with E-state index in [-0.39, 0.29) is 5.82 Å². The van der Waals surface area contributed by atoms with Crippen molar-refractivity contribution in [3.63, 3.8) is 0 Å². The fourth-order valence-electron chi connectivity index (χ4n) is 2.75. The second-order valence-corrected chi connectivity index (χ2v) is 5.29. The topological polar surface area (TPSA) is 32.7 Å². The van der Waals surface area contributed by atoms with Crippen LogP contribution in [0, 0.1) is 11.7 Å². The maximum Gasteiger partial charge on any atom is 0.123 e. The Morgan fingerprint density at radius 2 is 2.37 bits per heavy atom. The molecule has 0 radical (unpaired) electrons. The molecular weight excluding hydrogens is 245 g/mol. The van der Waals surface area contributed by atoms with E-state index in [1.165, 1.54) is 18.6 Å². The van der Waals surface area contributed by atoms with Gasteiger partial charge in [0, 0.05) is 20.2 Å². The zero-order valence-corrected chi connectivity index (χ0v) is 11.4. The lowest BCUT2D eigenvalue weighted by Crippen LogP contribution is -2.39. The number of halogens is 1. The van der Waals surface area contributed by atoms with Gasteiger partial charge in [0.15, 0.2) is 0 Å². The highest BCUT2D eigenvalue weighted by Gasteiger charge is 2.22. The van der Waals surface area contributed by atoms with Gasteiger partial charge in [-0.15, -0.1) is 0 Å². The maximum atomic E-state index is 13.1. The van der Waals surface area contributed by atoms with Crippen LogP contribution in [0.2, 0.25) is 0 Å². The first-order valence-electron chi connectivity index (χ1n) is 6.84. The Labute approximate surface area is 114 Å². The van der Waals surface area contributed by atoms with Gasteiger partial charge in [0.25, 0.3) is 0 Å². The molecule has 1 aliphatic rings. The number of likely N-dealkylation sites (tertiary alicyclic amines) is 1. The molecule has 1 heterocycles. The molecule has 1 saturated heterocycles. The molecule has 2 rings (SSSR count). The number of aliphatic hydroxyl groups excluding tert-OH is 1. The van der Waals surface area contributed by atoms with Gasteiger partial charge >= 0.3 is 0 Å². The molecule has 0 unspecified atom stereocenters. The average Bonchev–Trinajstić information content (AvgIpc) is 2.39. The third-order valence-corrected chi connectivity index (χ3v) is 3.67. The van der Waals surface area contributed by atoms with Crippen molar-refractivity contribution in [2.24, 2.45) is 5.92 Å². The van der Waals surface area contributed by atoms with Crippen LogP contribution in [0.4, 0.5) is 4.39 Å². The van der Waals surface area contributed by atoms with Crippen molar-refractivity contribution in [2.45, 2.75) is 18.9 Å². The first-order chi connectivity index (χ1) is 9.19. The summed E-state index contributed by atoms with van der Waals surface area (Å²) in [5.41, 5.74) is 0.647. The van der Waals surface area contributed by atoms with Crippen LogP contribution in [-0.4, -0.2) is 43.4 Å². The van der Waals surface area contributed by atoms with Crippen LogP contribution in [-0.2, 0) is 4.74 Å². The standard InChI is InChI=1S/C15H22FNO2/c1-19-11-12-4-3-7-17(9-12)10-15(18)13-5-2-6-14(16)8-13/h2,5-6,8,12,15,18H,3-4,7,9-11H2,1H3/t12-,15+/m1/s1. The van der Waals surface area contributed by atoms with E-state index in [0.29, 0.717) is 18.0 Å². The minimum Gasteiger partial charge on any atom is -0.387 e. The van der Waals surface area contributed by atoms with Crippen LogP contribution in [0.25, 0.3) is 0 Å². The Bertz CT molecular complexity index is 397. The first kappa shape index (κ1) is 14.4. The fraction of sp³-hybridized carbons (Fsp3) is 0.600. The number of hydrogen-bond acceptors (Lipinski definition) is 3. The molecule has 2 atom stereocenters. The second kappa shape index (κ2) is 6.98. The molecule has 0 aliphatic carbocycles. The first-order valence-corrected chi connectivity index (χ1v) is 6.84. The van der Waals surface area contributed by atoms with Crippen molar-refractivity contribution >= 4 is 0 Å². The molecule has 19 heavy (non-hydrogen) atoms. The molecule has 0 spiro atoms. The van der Waals surface area contributed by atoms with E-state index < -0.39 is 6.10 Å². The van der Waals surface area contributed by atoms with E-state index >= 15 is 0 Å². The van der Waals surface area contributed by atoms with Gasteiger partial charge in [-0.3, -0.25) is 0 Å². The zero-order valence-electron chi connectivity index (χ0n) is 11.4. The molecule has 1 fully saturated rings. The van der Waals surface area contributed by atoms with Crippen LogP contribution in [0.5, 0.6) is 0 Å². The SMILES string of the molecule is COC[C@@H]1CCCN(C[C@H](O)c2cccc(F)c2)C1. The molecular formula is C15H22FNO2. The highest BCUT2D eigenvalue weighted by atomic mass is 19.1. The van der Waals surface area contributed by atoms with Crippen molar-refractivity contribution in [1.82, 2.24) is 4.90 Å². The minimum absolute atomic E-state index is 0.299. The summed E-state index contributed by atoms with van der Waals surface area (Å²) < 4.78 is 18.3. The van der Waals surface area contributed by atoms with Gasteiger partial charge in [-0.2, -0.15) is 0 Å². The van der Waals surface area contributed by atoms with Crippen LogP contribution >= 0.6 is 0 Å². The van der Waals surface area contributed by atoms with Gasteiger partial charge < -0.3 is 14.7 Å². The largest absolute Gasteiger partial charge is 0.387 e. The van der Waals surface area contributed by atoms with Crippen LogP contribution in [0.1, 0.15) is 24.5 Å². The number of piperidine rings is 1. The highest BCUT2D eigenvalue weighted by molar-refractivity contribution is 5.19. The number of hydrogen-bond donors (Lipinski definition) is 1. The van der Waals surface area contributed by atoms with Crippen LogP contribution in [0.15, 0.2) is 24.3 Å². The van der Waals surface area contributed by atoms with E-state index in [4.69, 9.17) is 4.74 Å². The Hall–Kier alpha value is -0.970. The Morgan fingerprint density at radius 3 is 3.11 bits per heavy atom. The second-order valence-electron chi connectivity index (χ2n) is 5.29. The molecule has 0 bridgehead atoms. The van der Waals surface area contributed by atoms with E-state index in [2.05, 4.69) is 4.90 Å². The molecule has 1 aromatic rings. The van der Waals surface area contributed by atoms with E-state index in [0.717, 1.165) is 26.1 Å². The molecule has 1 aliphatic heterocycles. The van der Waals surface area contributed by atoms with Gasteiger partial charge in [0.2, 0.25) is 0 Å². The summed E-state index contributed by atoms with van der Waals surface area (Å²) in [6.45, 7) is 3.27. The lowest BCUT2D eigenvalue weighted by Gasteiger charge is -2.33. The Kier molecular flexibility index (Phi) is 5.31. The number of β-amino-alcohol motifs (C(OH)–C–C–N with tert-alkyl or cyclic N) is 1. The number of ether oxygens (including phenoxy) is 1. The summed E-state index contributed by atoms with van der Waals surface area (Å²) in [4.78, 5) is 2.24. The van der Waals surface area contributed by atoms with Gasteiger partial charge in [-0.25, -0.2) is 4.39 Å². The predicted molar refractivity (Wildman–Crippen MR) is 72.4 cm³/mol. The van der Waals surface area contributed by atoms with Crippen molar-refractivity contribution in [3.8, 4) is 0 Å². The van der Waals surface area contributed by atoms with Crippen molar-refractivity contribution in [2.75, 3.05) is 33.4 Å². The number of aliphatic hydroxyl groups is 1. The number of methoxy groups -OCH3 is 1. The third-order valence-electron chi connectivity index (χ3n) is 3.67. The number of nitrogens with zero attached hydrogens (tertiary/aromatic N) is 1. The summed E-state index contributed by atoms with van der Waals surface area (Å²) >= 11 is 0. The summed E-state index contributed by atoms with van der Waals surface area (Å²) in [7, 11) is 1.72. The molecule has 0 amide bonds. The summed E-state index contributed by atoms with van der Waals surface area (Å²) in [5.74, 6) is 0.242. The smallest absolute Gasteiger partial charge is 0.123 e. The third kappa shape index (κ3) is 4.27. The van der Waals surface area contributed by atoms with E-state index in [1.807, 2.05) is 0 Å².